The number of allylic oxidation sites excluding steroid dienone is 2. The van der Waals surface area contributed by atoms with E-state index in [1.807, 2.05) is 19.4 Å². The fraction of sp³-hybridized carbons (Fsp3) is 0.840. The van der Waals surface area contributed by atoms with E-state index in [2.05, 4.69) is 26.0 Å². The van der Waals surface area contributed by atoms with Crippen LogP contribution in [0, 0.1) is 11.8 Å². The molecule has 1 rings (SSSR count). The summed E-state index contributed by atoms with van der Waals surface area (Å²) in [6.45, 7) is 6.46. The van der Waals surface area contributed by atoms with E-state index in [-0.39, 0.29) is 30.8 Å². The molecule has 0 spiro atoms. The zero-order valence-corrected chi connectivity index (χ0v) is 26.6. The summed E-state index contributed by atoms with van der Waals surface area (Å²) in [6, 6.07) is 0. The Kier molecular flexibility index (Phi) is 18.1. The van der Waals surface area contributed by atoms with Crippen LogP contribution in [0.2, 0.25) is 0 Å². The maximum Gasteiger partial charge on any atom is 0.220 e. The second-order valence-corrected chi connectivity index (χ2v) is 11.6. The van der Waals surface area contributed by atoms with Gasteiger partial charge in [0.25, 0.3) is 0 Å². The molecule has 1 saturated heterocycles. The van der Waals surface area contributed by atoms with Gasteiger partial charge < -0.3 is 37.9 Å². The summed E-state index contributed by atoms with van der Waals surface area (Å²) in [5, 5.41) is 0. The first-order valence-electron chi connectivity index (χ1n) is 12.2. The molecule has 0 bridgehead atoms. The second kappa shape index (κ2) is 19.1. The first-order chi connectivity index (χ1) is 17.7. The third kappa shape index (κ3) is 10.8. The largest absolute Gasteiger partial charge is 0.468 e. The molecule has 9 atom stereocenters. The zero-order chi connectivity index (χ0) is 28.0. The molecule has 37 heavy (non-hydrogen) atoms. The lowest BCUT2D eigenvalue weighted by Gasteiger charge is -2.46. The van der Waals surface area contributed by atoms with Gasteiger partial charge in [0.05, 0.1) is 18.3 Å². The Morgan fingerprint density at radius 1 is 0.946 bits per heavy atom. The van der Waals surface area contributed by atoms with Crippen LogP contribution >= 0.6 is 48.0 Å². The minimum Gasteiger partial charge on any atom is -0.468 e. The van der Waals surface area contributed by atoms with Gasteiger partial charge in [-0.3, -0.25) is 0 Å². The summed E-state index contributed by atoms with van der Waals surface area (Å²) in [5.41, 5.74) is 0. The second-order valence-electron chi connectivity index (χ2n) is 8.74. The summed E-state index contributed by atoms with van der Waals surface area (Å²) < 4.78 is 48.3. The third-order valence-corrected chi connectivity index (χ3v) is 8.49. The quantitative estimate of drug-likeness (QED) is 0.143. The lowest BCUT2D eigenvalue weighted by atomic mass is 9.83. The lowest BCUT2D eigenvalue weighted by Crippen LogP contribution is -2.61. The predicted molar refractivity (Wildman–Crippen MR) is 158 cm³/mol. The highest BCUT2D eigenvalue weighted by atomic mass is 32.2. The molecule has 0 aromatic rings. The predicted octanol–water partition coefficient (Wildman–Crippen LogP) is 5.07. The Morgan fingerprint density at radius 3 is 2.05 bits per heavy atom. The highest BCUT2D eigenvalue weighted by Crippen LogP contribution is 2.35. The van der Waals surface area contributed by atoms with Crippen molar-refractivity contribution in [3.63, 3.8) is 0 Å². The minimum atomic E-state index is -0.763. The van der Waals surface area contributed by atoms with Crippen molar-refractivity contribution in [1.82, 2.24) is 0 Å². The number of thiocarbonyl (C=S) groups is 2. The van der Waals surface area contributed by atoms with Gasteiger partial charge in [0.2, 0.25) is 8.77 Å². The average Bonchev–Trinajstić information content (AvgIpc) is 2.90. The third-order valence-electron chi connectivity index (χ3n) is 6.44. The number of thioether (sulfide) groups is 2. The topological polar surface area (TPSA) is 73.8 Å². The Morgan fingerprint density at radius 2 is 1.57 bits per heavy atom. The van der Waals surface area contributed by atoms with E-state index in [0.717, 1.165) is 6.42 Å². The van der Waals surface area contributed by atoms with Gasteiger partial charge in [-0.05, 0) is 56.2 Å². The van der Waals surface area contributed by atoms with Crippen molar-refractivity contribution in [3.8, 4) is 0 Å². The summed E-state index contributed by atoms with van der Waals surface area (Å²) in [4.78, 5) is 0. The van der Waals surface area contributed by atoms with Gasteiger partial charge >= 0.3 is 0 Å². The van der Waals surface area contributed by atoms with E-state index in [1.54, 1.807) is 28.4 Å². The van der Waals surface area contributed by atoms with Crippen molar-refractivity contribution >= 4 is 56.7 Å². The molecule has 8 nitrogen and oxygen atoms in total. The van der Waals surface area contributed by atoms with Crippen molar-refractivity contribution < 1.29 is 37.9 Å². The molecule has 0 unspecified atom stereocenters. The van der Waals surface area contributed by atoms with Gasteiger partial charge in [-0.2, -0.15) is 0 Å². The van der Waals surface area contributed by atoms with Crippen LogP contribution in [0.25, 0.3) is 0 Å². The van der Waals surface area contributed by atoms with Crippen LogP contribution in [0.1, 0.15) is 33.6 Å². The number of ether oxygens (including phenoxy) is 8. The van der Waals surface area contributed by atoms with Crippen molar-refractivity contribution in [2.45, 2.75) is 76.5 Å². The van der Waals surface area contributed by atoms with Crippen molar-refractivity contribution in [3.05, 3.63) is 12.2 Å². The van der Waals surface area contributed by atoms with E-state index < -0.39 is 30.7 Å². The average molecular weight is 601 g/mol. The fourth-order valence-corrected chi connectivity index (χ4v) is 5.24. The van der Waals surface area contributed by atoms with Crippen LogP contribution in [0.4, 0.5) is 0 Å². The summed E-state index contributed by atoms with van der Waals surface area (Å²) >= 11 is 13.4. The molecule has 1 fully saturated rings. The summed E-state index contributed by atoms with van der Waals surface area (Å²) in [7, 11) is 6.51. The molecule has 1 aliphatic rings. The minimum absolute atomic E-state index is 0.0205. The van der Waals surface area contributed by atoms with Gasteiger partial charge in [-0.1, -0.05) is 49.5 Å². The molecule has 12 heteroatoms. The number of methoxy groups -OCH3 is 4. The van der Waals surface area contributed by atoms with Crippen LogP contribution in [0.3, 0.4) is 0 Å². The highest BCUT2D eigenvalue weighted by Gasteiger charge is 2.51. The molecule has 0 aromatic heterocycles. The van der Waals surface area contributed by atoms with Crippen molar-refractivity contribution in [1.29, 1.82) is 0 Å². The Balaban J connectivity index is 3.31. The Hall–Kier alpha value is -0.0200. The SMILES string of the molecule is C/C=C/C[C@H](C)[C@@H](OC)[C@@H](C)[C@@H](C[C@H]1O[C@H](OC)[C@H](OC(=S)SC)[C@@H](OC(=S)SC)[C@H]1OC)OCOC. The normalized spacial score (nSPS) is 27.4. The first-order valence-corrected chi connectivity index (χ1v) is 15.4. The van der Waals surface area contributed by atoms with Crippen LogP contribution < -0.4 is 0 Å². The molecule has 1 heterocycles. The number of hydrogen-bond acceptors (Lipinski definition) is 12. The highest BCUT2D eigenvalue weighted by molar-refractivity contribution is 8.22. The van der Waals surface area contributed by atoms with Crippen LogP contribution in [-0.2, 0) is 37.9 Å². The zero-order valence-electron chi connectivity index (χ0n) is 23.4. The van der Waals surface area contributed by atoms with E-state index in [9.17, 15) is 0 Å². The Bertz CT molecular complexity index is 698. The lowest BCUT2D eigenvalue weighted by molar-refractivity contribution is -0.292. The van der Waals surface area contributed by atoms with Crippen molar-refractivity contribution in [2.75, 3.05) is 47.7 Å². The molecule has 216 valence electrons. The Labute approximate surface area is 242 Å². The van der Waals surface area contributed by atoms with Crippen LogP contribution in [0.15, 0.2) is 12.2 Å². The van der Waals surface area contributed by atoms with Crippen LogP contribution in [0.5, 0.6) is 0 Å². The molecule has 1 aliphatic heterocycles. The van der Waals surface area contributed by atoms with E-state index in [1.165, 1.54) is 23.5 Å². The van der Waals surface area contributed by atoms with Gasteiger partial charge in [0, 0.05) is 40.8 Å². The maximum absolute atomic E-state index is 6.40. The summed E-state index contributed by atoms with van der Waals surface area (Å²) in [6.07, 6.45) is 5.91. The van der Waals surface area contributed by atoms with Gasteiger partial charge in [-0.15, -0.1) is 0 Å². The van der Waals surface area contributed by atoms with Gasteiger partial charge in [-0.25, -0.2) is 0 Å². The fourth-order valence-electron chi connectivity index (χ4n) is 4.60. The molecule has 0 radical (unpaired) electrons. The number of rotatable bonds is 15. The number of hydrogen-bond donors (Lipinski definition) is 0. The van der Waals surface area contributed by atoms with E-state index >= 15 is 0 Å². The van der Waals surface area contributed by atoms with Crippen molar-refractivity contribution in [2.24, 2.45) is 11.8 Å². The van der Waals surface area contributed by atoms with Crippen LogP contribution in [-0.4, -0.2) is 99.4 Å². The maximum atomic E-state index is 6.40. The summed E-state index contributed by atoms with van der Waals surface area (Å²) in [5.74, 6) is 0.301. The molecular weight excluding hydrogens is 557 g/mol. The molecule has 0 amide bonds. The van der Waals surface area contributed by atoms with Gasteiger partial charge in [0.1, 0.15) is 12.9 Å². The van der Waals surface area contributed by atoms with Gasteiger partial charge in [0.15, 0.2) is 18.5 Å². The molecule has 0 N–H and O–H groups in total. The molecular formula is C25H44O8S4. The first kappa shape index (κ1) is 35.0. The molecule has 0 aromatic carbocycles. The standard InChI is InChI=1S/C25H44O8S4/c1-10-11-12-15(2)19(27-5)16(3)17(30-14-26-4)13-18-20(28-6)21(32-24(34)36-8)22(23(29-7)31-18)33-25(35)37-9/h10-11,15-23H,12-14H2,1-9H3/b11-10+/t15-,16-,17+,18+,19+,20-,21-,22+,23-/m0/s1. The van der Waals surface area contributed by atoms with E-state index in [0.29, 0.717) is 15.2 Å². The molecule has 0 saturated carbocycles. The smallest absolute Gasteiger partial charge is 0.220 e. The molecule has 0 aliphatic carbocycles. The monoisotopic (exact) mass is 600 g/mol. The van der Waals surface area contributed by atoms with E-state index in [4.69, 9.17) is 62.3 Å².